The molecule has 2 heteroatoms. The highest BCUT2D eigenvalue weighted by Crippen LogP contribution is 2.50. The first-order valence-corrected chi connectivity index (χ1v) is 9.52. The van der Waals surface area contributed by atoms with E-state index in [1.54, 1.807) is 11.1 Å². The molecule has 1 saturated carbocycles. The summed E-state index contributed by atoms with van der Waals surface area (Å²) >= 11 is 3.64. The van der Waals surface area contributed by atoms with Crippen LogP contribution in [-0.4, -0.2) is 6.61 Å². The monoisotopic (exact) mass is 348 g/mol. The molecular formula is C19H25BrO. The van der Waals surface area contributed by atoms with E-state index in [0.29, 0.717) is 0 Å². The standard InChI is InChI=1S/C19H25BrO/c20-14-10-8-13(9-11-14)15-5-3-6-16-17-4-1-2-7-19(17)21-12-18(15)16/h8,10,15-16,18H,1-7,9,11-12H2. The molecule has 1 heterocycles. The second-order valence-electron chi connectivity index (χ2n) is 7.13. The fraction of sp³-hybridized carbons (Fsp3) is 0.684. The average molecular weight is 349 g/mol. The highest BCUT2D eigenvalue weighted by atomic mass is 79.9. The van der Waals surface area contributed by atoms with Gasteiger partial charge in [-0.25, -0.2) is 0 Å². The molecule has 4 aliphatic rings. The molecule has 0 saturated heterocycles. The second-order valence-corrected chi connectivity index (χ2v) is 8.15. The number of hydrogen-bond donors (Lipinski definition) is 0. The zero-order valence-electron chi connectivity index (χ0n) is 12.7. The first-order chi connectivity index (χ1) is 10.3. The molecule has 0 bridgehead atoms. The van der Waals surface area contributed by atoms with Gasteiger partial charge in [-0.3, -0.25) is 0 Å². The van der Waals surface area contributed by atoms with E-state index in [1.165, 1.54) is 68.0 Å². The zero-order valence-corrected chi connectivity index (χ0v) is 14.3. The van der Waals surface area contributed by atoms with Gasteiger partial charge in [0.05, 0.1) is 12.4 Å². The van der Waals surface area contributed by atoms with Gasteiger partial charge in [0.15, 0.2) is 0 Å². The Morgan fingerprint density at radius 1 is 0.905 bits per heavy atom. The summed E-state index contributed by atoms with van der Waals surface area (Å²) in [7, 11) is 0. The molecule has 0 aromatic heterocycles. The Balaban J connectivity index is 1.60. The molecule has 1 fully saturated rings. The Kier molecular flexibility index (Phi) is 4.00. The highest BCUT2D eigenvalue weighted by molar-refractivity contribution is 9.11. The third-order valence-corrected chi connectivity index (χ3v) is 6.69. The molecule has 0 N–H and O–H groups in total. The van der Waals surface area contributed by atoms with Gasteiger partial charge in [0.2, 0.25) is 0 Å². The van der Waals surface area contributed by atoms with Crippen LogP contribution in [0.4, 0.5) is 0 Å². The lowest BCUT2D eigenvalue weighted by Crippen LogP contribution is -2.38. The minimum absolute atomic E-state index is 0.757. The summed E-state index contributed by atoms with van der Waals surface area (Å²) in [6, 6.07) is 0. The van der Waals surface area contributed by atoms with Gasteiger partial charge in [0.25, 0.3) is 0 Å². The van der Waals surface area contributed by atoms with Crippen LogP contribution in [0, 0.1) is 17.8 Å². The number of hydrogen-bond acceptors (Lipinski definition) is 1. The minimum atomic E-state index is 0.757. The van der Waals surface area contributed by atoms with Crippen molar-refractivity contribution in [3.05, 3.63) is 33.5 Å². The van der Waals surface area contributed by atoms with Crippen LogP contribution >= 0.6 is 15.9 Å². The molecule has 0 amide bonds. The van der Waals surface area contributed by atoms with E-state index in [2.05, 4.69) is 28.1 Å². The summed E-state index contributed by atoms with van der Waals surface area (Å²) in [5.41, 5.74) is 3.41. The van der Waals surface area contributed by atoms with Crippen molar-refractivity contribution in [3.8, 4) is 0 Å². The molecule has 3 atom stereocenters. The molecule has 0 aromatic carbocycles. The van der Waals surface area contributed by atoms with Gasteiger partial charge in [0, 0.05) is 12.3 Å². The molecule has 0 spiro atoms. The molecular weight excluding hydrogens is 324 g/mol. The maximum absolute atomic E-state index is 6.22. The summed E-state index contributed by atoms with van der Waals surface area (Å²) in [6.45, 7) is 0.983. The number of halogens is 1. The topological polar surface area (TPSA) is 9.23 Å². The third kappa shape index (κ3) is 2.65. The fourth-order valence-corrected chi connectivity index (χ4v) is 5.31. The van der Waals surface area contributed by atoms with Crippen molar-refractivity contribution >= 4 is 15.9 Å². The van der Waals surface area contributed by atoms with Crippen LogP contribution in [0.1, 0.15) is 57.8 Å². The van der Waals surface area contributed by atoms with Crippen LogP contribution in [0.5, 0.6) is 0 Å². The number of fused-ring (bicyclic) bond motifs is 2. The molecule has 0 aromatic rings. The normalized spacial score (nSPS) is 36.1. The van der Waals surface area contributed by atoms with Crippen molar-refractivity contribution in [2.75, 3.05) is 6.61 Å². The van der Waals surface area contributed by atoms with E-state index in [0.717, 1.165) is 24.4 Å². The third-order valence-electron chi connectivity index (χ3n) is 6.03. The van der Waals surface area contributed by atoms with E-state index in [4.69, 9.17) is 4.74 Å². The van der Waals surface area contributed by atoms with Crippen LogP contribution in [-0.2, 0) is 4.74 Å². The van der Waals surface area contributed by atoms with Crippen molar-refractivity contribution in [1.82, 2.24) is 0 Å². The largest absolute Gasteiger partial charge is 0.498 e. The van der Waals surface area contributed by atoms with Gasteiger partial charge >= 0.3 is 0 Å². The van der Waals surface area contributed by atoms with E-state index in [1.807, 2.05) is 0 Å². The van der Waals surface area contributed by atoms with Gasteiger partial charge in [-0.1, -0.05) is 40.1 Å². The van der Waals surface area contributed by atoms with Crippen molar-refractivity contribution < 1.29 is 4.74 Å². The summed E-state index contributed by atoms with van der Waals surface area (Å²) in [5, 5.41) is 0. The fourth-order valence-electron chi connectivity index (χ4n) is 4.98. The van der Waals surface area contributed by atoms with Crippen LogP contribution in [0.3, 0.4) is 0 Å². The van der Waals surface area contributed by atoms with Crippen molar-refractivity contribution in [3.63, 3.8) is 0 Å². The number of ether oxygens (including phenoxy) is 1. The SMILES string of the molecule is BrC1=CC=C(C2CCCC3C4=C(CCCC4)OCC23)CC1. The van der Waals surface area contributed by atoms with E-state index in [-0.39, 0.29) is 0 Å². The molecule has 3 unspecified atom stereocenters. The van der Waals surface area contributed by atoms with Gasteiger partial charge in [-0.15, -0.1) is 0 Å². The Morgan fingerprint density at radius 2 is 1.76 bits per heavy atom. The first kappa shape index (κ1) is 14.1. The van der Waals surface area contributed by atoms with Crippen molar-refractivity contribution in [2.24, 2.45) is 17.8 Å². The predicted molar refractivity (Wildman–Crippen MR) is 90.1 cm³/mol. The lowest BCUT2D eigenvalue weighted by atomic mass is 9.64. The van der Waals surface area contributed by atoms with Crippen molar-refractivity contribution in [1.29, 1.82) is 0 Å². The Hall–Kier alpha value is -0.500. The lowest BCUT2D eigenvalue weighted by molar-refractivity contribution is 0.0440. The summed E-state index contributed by atoms with van der Waals surface area (Å²) in [5.74, 6) is 3.76. The van der Waals surface area contributed by atoms with E-state index < -0.39 is 0 Å². The molecule has 114 valence electrons. The van der Waals surface area contributed by atoms with E-state index in [9.17, 15) is 0 Å². The minimum Gasteiger partial charge on any atom is -0.498 e. The average Bonchev–Trinajstić information content (AvgIpc) is 2.55. The van der Waals surface area contributed by atoms with Gasteiger partial charge in [0.1, 0.15) is 0 Å². The smallest absolute Gasteiger partial charge is 0.0954 e. The summed E-state index contributed by atoms with van der Waals surface area (Å²) in [6.07, 6.45) is 16.5. The quantitative estimate of drug-likeness (QED) is 0.575. The van der Waals surface area contributed by atoms with E-state index >= 15 is 0 Å². The summed E-state index contributed by atoms with van der Waals surface area (Å²) in [4.78, 5) is 0. The molecule has 1 nitrogen and oxygen atoms in total. The van der Waals surface area contributed by atoms with Crippen LogP contribution < -0.4 is 0 Å². The van der Waals surface area contributed by atoms with Crippen LogP contribution in [0.25, 0.3) is 0 Å². The van der Waals surface area contributed by atoms with Crippen LogP contribution in [0.15, 0.2) is 33.5 Å². The Morgan fingerprint density at radius 3 is 2.62 bits per heavy atom. The predicted octanol–water partition coefficient (Wildman–Crippen LogP) is 5.88. The molecule has 3 aliphatic carbocycles. The van der Waals surface area contributed by atoms with Gasteiger partial charge < -0.3 is 4.74 Å². The second kappa shape index (κ2) is 5.95. The molecule has 0 radical (unpaired) electrons. The molecule has 21 heavy (non-hydrogen) atoms. The Bertz CT molecular complexity index is 514. The maximum Gasteiger partial charge on any atom is 0.0954 e. The lowest BCUT2D eigenvalue weighted by Gasteiger charge is -2.45. The molecule has 4 rings (SSSR count). The maximum atomic E-state index is 6.22. The zero-order chi connectivity index (χ0) is 14.2. The first-order valence-electron chi connectivity index (χ1n) is 8.73. The number of rotatable bonds is 1. The Labute approximate surface area is 136 Å². The highest BCUT2D eigenvalue weighted by Gasteiger charge is 2.41. The van der Waals surface area contributed by atoms with Gasteiger partial charge in [-0.2, -0.15) is 0 Å². The number of allylic oxidation sites excluding steroid dienone is 6. The van der Waals surface area contributed by atoms with Gasteiger partial charge in [-0.05, 0) is 66.8 Å². The summed E-state index contributed by atoms with van der Waals surface area (Å²) < 4.78 is 7.58. The van der Waals surface area contributed by atoms with Crippen molar-refractivity contribution in [2.45, 2.75) is 57.8 Å². The molecule has 1 aliphatic heterocycles. The van der Waals surface area contributed by atoms with Crippen LogP contribution in [0.2, 0.25) is 0 Å².